The lowest BCUT2D eigenvalue weighted by Crippen LogP contribution is -2.19. The molecule has 0 atom stereocenters. The first-order valence-electron chi connectivity index (χ1n) is 9.36. The highest BCUT2D eigenvalue weighted by molar-refractivity contribution is 7.12. The highest BCUT2D eigenvalue weighted by atomic mass is 32.1. The van der Waals surface area contributed by atoms with Gasteiger partial charge in [-0.15, -0.1) is 11.3 Å². The van der Waals surface area contributed by atoms with Gasteiger partial charge >= 0.3 is 6.03 Å². The lowest BCUT2D eigenvalue weighted by Gasteiger charge is -2.09. The zero-order valence-corrected chi connectivity index (χ0v) is 16.8. The number of rotatable bonds is 5. The fourth-order valence-electron chi connectivity index (χ4n) is 2.97. The number of thiophene rings is 1. The van der Waals surface area contributed by atoms with Gasteiger partial charge in [-0.2, -0.15) is 0 Å². The Hall–Kier alpha value is -3.90. The fraction of sp³-hybridized carbons (Fsp3) is 0. The van der Waals surface area contributed by atoms with Gasteiger partial charge in [0.15, 0.2) is 0 Å². The number of nitrogens with one attached hydrogen (secondary N) is 3. The molecule has 0 spiro atoms. The third kappa shape index (κ3) is 4.74. The molecule has 0 saturated heterocycles. The smallest absolute Gasteiger partial charge is 0.321 e. The van der Waals surface area contributed by atoms with Gasteiger partial charge in [0.25, 0.3) is 5.91 Å². The summed E-state index contributed by atoms with van der Waals surface area (Å²) in [5, 5.41) is 10.4. The van der Waals surface area contributed by atoms with E-state index in [2.05, 4.69) is 16.0 Å². The number of benzene rings is 3. The van der Waals surface area contributed by atoms with Crippen molar-refractivity contribution in [1.82, 2.24) is 0 Å². The fourth-order valence-corrected chi connectivity index (χ4v) is 3.78. The predicted molar refractivity (Wildman–Crippen MR) is 123 cm³/mol. The highest BCUT2D eigenvalue weighted by Crippen LogP contribution is 2.29. The summed E-state index contributed by atoms with van der Waals surface area (Å²) in [5.41, 5.74) is 3.91. The molecule has 0 unspecified atom stereocenters. The Bertz CT molecular complexity index is 1140. The molecular weight excluding hydrogens is 394 g/mol. The Morgan fingerprint density at radius 1 is 0.600 bits per heavy atom. The predicted octanol–water partition coefficient (Wildman–Crippen LogP) is 6.31. The van der Waals surface area contributed by atoms with Crippen molar-refractivity contribution in [3.8, 4) is 11.1 Å². The number of carbonyl (C=O) groups excluding carboxylic acids is 2. The van der Waals surface area contributed by atoms with Gasteiger partial charge in [0.05, 0.1) is 4.88 Å². The second-order valence-corrected chi connectivity index (χ2v) is 7.42. The lowest BCUT2D eigenvalue weighted by molar-refractivity contribution is 0.103. The van der Waals surface area contributed by atoms with Gasteiger partial charge in [-0.25, -0.2) is 4.79 Å². The van der Waals surface area contributed by atoms with Crippen molar-refractivity contribution >= 4 is 40.3 Å². The van der Waals surface area contributed by atoms with E-state index in [0.29, 0.717) is 21.9 Å². The molecule has 4 aromatic rings. The molecule has 1 aromatic heterocycles. The van der Waals surface area contributed by atoms with Crippen LogP contribution in [0.25, 0.3) is 11.1 Å². The summed E-state index contributed by atoms with van der Waals surface area (Å²) >= 11 is 1.41. The van der Waals surface area contributed by atoms with E-state index in [1.807, 2.05) is 72.1 Å². The van der Waals surface area contributed by atoms with Crippen LogP contribution in [0.3, 0.4) is 0 Å². The number of para-hydroxylation sites is 1. The molecule has 6 heteroatoms. The van der Waals surface area contributed by atoms with E-state index in [0.717, 1.165) is 11.1 Å². The minimum atomic E-state index is -0.330. The molecule has 0 saturated carbocycles. The van der Waals surface area contributed by atoms with Crippen LogP contribution in [0.2, 0.25) is 0 Å². The van der Waals surface area contributed by atoms with Crippen LogP contribution in [0, 0.1) is 0 Å². The molecule has 148 valence electrons. The molecule has 30 heavy (non-hydrogen) atoms. The number of hydrogen-bond acceptors (Lipinski definition) is 3. The molecule has 0 aliphatic carbocycles. The van der Waals surface area contributed by atoms with Crippen molar-refractivity contribution in [2.24, 2.45) is 0 Å². The van der Waals surface area contributed by atoms with E-state index in [9.17, 15) is 9.59 Å². The van der Waals surface area contributed by atoms with Crippen LogP contribution < -0.4 is 16.0 Å². The second-order valence-electron chi connectivity index (χ2n) is 6.51. The van der Waals surface area contributed by atoms with Gasteiger partial charge in [-0.05, 0) is 53.4 Å². The van der Waals surface area contributed by atoms with Gasteiger partial charge in [0, 0.05) is 22.6 Å². The molecule has 3 amide bonds. The van der Waals surface area contributed by atoms with Crippen LogP contribution in [0.5, 0.6) is 0 Å². The number of urea groups is 1. The van der Waals surface area contributed by atoms with Crippen LogP contribution in [0.4, 0.5) is 21.9 Å². The molecular formula is C24H19N3O2S. The number of hydrogen-bond donors (Lipinski definition) is 3. The normalized spacial score (nSPS) is 10.3. The van der Waals surface area contributed by atoms with Crippen molar-refractivity contribution in [3.63, 3.8) is 0 Å². The zero-order chi connectivity index (χ0) is 20.8. The third-order valence-corrected chi connectivity index (χ3v) is 5.30. The van der Waals surface area contributed by atoms with E-state index in [1.165, 1.54) is 11.3 Å². The van der Waals surface area contributed by atoms with Crippen LogP contribution in [0.1, 0.15) is 9.67 Å². The Balaban J connectivity index is 1.39. The average Bonchev–Trinajstić information content (AvgIpc) is 3.27. The topological polar surface area (TPSA) is 70.2 Å². The van der Waals surface area contributed by atoms with Gasteiger partial charge in [-0.3, -0.25) is 4.79 Å². The van der Waals surface area contributed by atoms with Crippen LogP contribution in [-0.4, -0.2) is 11.9 Å². The Morgan fingerprint density at radius 2 is 1.13 bits per heavy atom. The van der Waals surface area contributed by atoms with Crippen molar-refractivity contribution < 1.29 is 9.59 Å². The molecule has 0 bridgehead atoms. The SMILES string of the molecule is O=C(Nc1ccccc1)Nc1ccc(NC(=O)c2sccc2-c2ccccc2)cc1. The first-order chi connectivity index (χ1) is 14.7. The molecule has 0 fully saturated rings. The summed E-state index contributed by atoms with van der Waals surface area (Å²) in [7, 11) is 0. The lowest BCUT2D eigenvalue weighted by atomic mass is 10.1. The Kier molecular flexibility index (Phi) is 5.87. The molecule has 3 aromatic carbocycles. The Morgan fingerprint density at radius 3 is 1.77 bits per heavy atom. The molecule has 0 aliphatic heterocycles. The first-order valence-corrected chi connectivity index (χ1v) is 10.2. The van der Waals surface area contributed by atoms with Gasteiger partial charge in [-0.1, -0.05) is 48.5 Å². The van der Waals surface area contributed by atoms with Gasteiger partial charge in [0.1, 0.15) is 0 Å². The standard InChI is InChI=1S/C24H19N3O2S/c28-23(22-21(15-16-30-22)17-7-3-1-4-8-17)25-19-11-13-20(14-12-19)27-24(29)26-18-9-5-2-6-10-18/h1-16H,(H,25,28)(H2,26,27,29). The maximum atomic E-state index is 12.8. The summed E-state index contributed by atoms with van der Waals surface area (Å²) in [6, 6.07) is 27.7. The van der Waals surface area contributed by atoms with Crippen molar-refractivity contribution in [3.05, 3.63) is 101 Å². The summed E-state index contributed by atoms with van der Waals surface area (Å²) in [4.78, 5) is 25.5. The average molecular weight is 414 g/mol. The maximum absolute atomic E-state index is 12.8. The molecule has 0 radical (unpaired) electrons. The van der Waals surface area contributed by atoms with E-state index in [-0.39, 0.29) is 11.9 Å². The second kappa shape index (κ2) is 9.07. The minimum Gasteiger partial charge on any atom is -0.321 e. The number of anilines is 3. The highest BCUT2D eigenvalue weighted by Gasteiger charge is 2.14. The minimum absolute atomic E-state index is 0.161. The monoisotopic (exact) mass is 413 g/mol. The van der Waals surface area contributed by atoms with E-state index in [4.69, 9.17) is 0 Å². The zero-order valence-electron chi connectivity index (χ0n) is 16.0. The molecule has 4 rings (SSSR count). The molecule has 5 nitrogen and oxygen atoms in total. The van der Waals surface area contributed by atoms with Crippen molar-refractivity contribution in [2.75, 3.05) is 16.0 Å². The van der Waals surface area contributed by atoms with Crippen molar-refractivity contribution in [1.29, 1.82) is 0 Å². The third-order valence-electron chi connectivity index (χ3n) is 4.39. The van der Waals surface area contributed by atoms with Crippen LogP contribution in [-0.2, 0) is 0 Å². The molecule has 3 N–H and O–H groups in total. The van der Waals surface area contributed by atoms with E-state index < -0.39 is 0 Å². The van der Waals surface area contributed by atoms with Crippen molar-refractivity contribution in [2.45, 2.75) is 0 Å². The maximum Gasteiger partial charge on any atom is 0.323 e. The van der Waals surface area contributed by atoms with Gasteiger partial charge in [0.2, 0.25) is 0 Å². The van der Waals surface area contributed by atoms with E-state index in [1.54, 1.807) is 24.3 Å². The van der Waals surface area contributed by atoms with Crippen LogP contribution in [0.15, 0.2) is 96.4 Å². The summed E-state index contributed by atoms with van der Waals surface area (Å²) < 4.78 is 0. The van der Waals surface area contributed by atoms with E-state index >= 15 is 0 Å². The van der Waals surface area contributed by atoms with Crippen LogP contribution >= 0.6 is 11.3 Å². The largest absolute Gasteiger partial charge is 0.323 e. The van der Waals surface area contributed by atoms with Gasteiger partial charge < -0.3 is 16.0 Å². The first kappa shape index (κ1) is 19.4. The summed E-state index contributed by atoms with van der Waals surface area (Å²) in [6.07, 6.45) is 0. The summed E-state index contributed by atoms with van der Waals surface area (Å²) in [6.45, 7) is 0. The molecule has 0 aliphatic rings. The number of amides is 3. The summed E-state index contributed by atoms with van der Waals surface area (Å²) in [5.74, 6) is -0.161. The Labute approximate surface area is 178 Å². The quantitative estimate of drug-likeness (QED) is 0.359. The number of carbonyl (C=O) groups is 2. The molecule has 1 heterocycles.